The number of nitrogens with one attached hydrogen (secondary N) is 1. The number of hydrogen-bond acceptors (Lipinski definition) is 4. The number of halogens is 2. The summed E-state index contributed by atoms with van der Waals surface area (Å²) < 4.78 is 8.27. The molecule has 1 unspecified atom stereocenters. The first kappa shape index (κ1) is 24.4. The lowest BCUT2D eigenvalue weighted by molar-refractivity contribution is -0.147. The van der Waals surface area contributed by atoms with Gasteiger partial charge in [-0.3, -0.25) is 9.59 Å². The minimum atomic E-state index is -0.565. The highest BCUT2D eigenvalue weighted by molar-refractivity contribution is 9.10. The summed E-state index contributed by atoms with van der Waals surface area (Å²) in [6, 6.07) is 2.50. The molecule has 8 heteroatoms. The highest BCUT2D eigenvalue weighted by atomic mass is 79.9. The van der Waals surface area contributed by atoms with Gasteiger partial charge >= 0.3 is 5.97 Å². The number of ether oxygens (including phenoxy) is 1. The van der Waals surface area contributed by atoms with E-state index in [1.54, 1.807) is 25.4 Å². The molecule has 1 atom stereocenters. The van der Waals surface area contributed by atoms with E-state index in [9.17, 15) is 14.4 Å². The molecule has 0 aromatic carbocycles. The van der Waals surface area contributed by atoms with Crippen LogP contribution in [0.15, 0.2) is 43.1 Å². The van der Waals surface area contributed by atoms with Gasteiger partial charge in [0.2, 0.25) is 5.56 Å². The zero-order valence-corrected chi connectivity index (χ0v) is 19.9. The number of aromatic nitrogens is 2. The smallest absolute Gasteiger partial charge is 0.329 e. The molecule has 6 nitrogen and oxygen atoms in total. The van der Waals surface area contributed by atoms with Crippen molar-refractivity contribution in [3.8, 4) is 0 Å². The molecule has 2 rings (SSSR count). The molecule has 0 spiro atoms. The predicted molar refractivity (Wildman–Crippen MR) is 118 cm³/mol. The number of H-pyrrole nitrogens is 1. The van der Waals surface area contributed by atoms with Crippen LogP contribution >= 0.6 is 31.9 Å². The Balaban J connectivity index is 0.000000362. The van der Waals surface area contributed by atoms with E-state index in [0.29, 0.717) is 18.9 Å². The van der Waals surface area contributed by atoms with Crippen LogP contribution in [-0.4, -0.2) is 22.1 Å². The average Bonchev–Trinajstić information content (AvgIpc) is 2.60. The number of aryl methyl sites for hydroxylation is 2. The first-order valence-electron chi connectivity index (χ1n) is 8.96. The molecule has 0 amide bonds. The number of pyridine rings is 2. The van der Waals surface area contributed by atoms with Crippen LogP contribution in [0, 0.1) is 19.8 Å². The summed E-state index contributed by atoms with van der Waals surface area (Å²) in [5, 5.41) is 0. The zero-order valence-electron chi connectivity index (χ0n) is 16.7. The van der Waals surface area contributed by atoms with Gasteiger partial charge in [-0.05, 0) is 76.1 Å². The Hall–Kier alpha value is -1.67. The maximum absolute atomic E-state index is 12.1. The molecular formula is C20H26Br2N2O4. The number of rotatable bonds is 5. The molecule has 0 radical (unpaired) electrons. The lowest BCUT2D eigenvalue weighted by Crippen LogP contribution is -2.31. The van der Waals surface area contributed by atoms with Crippen molar-refractivity contribution in [2.75, 3.05) is 6.61 Å². The number of esters is 1. The first-order valence-corrected chi connectivity index (χ1v) is 10.5. The maximum Gasteiger partial charge on any atom is 0.329 e. The van der Waals surface area contributed by atoms with Gasteiger partial charge in [-0.15, -0.1) is 0 Å². The molecule has 28 heavy (non-hydrogen) atoms. The minimum Gasteiger partial charge on any atom is -0.464 e. The number of carbonyl (C=O) groups is 1. The second kappa shape index (κ2) is 11.4. The fourth-order valence-corrected chi connectivity index (χ4v) is 2.99. The van der Waals surface area contributed by atoms with Crippen LogP contribution in [0.1, 0.15) is 44.4 Å². The Morgan fingerprint density at radius 2 is 1.75 bits per heavy atom. The van der Waals surface area contributed by atoms with Crippen LogP contribution in [-0.2, 0) is 9.53 Å². The van der Waals surface area contributed by atoms with Gasteiger partial charge in [-0.2, -0.15) is 0 Å². The fourth-order valence-electron chi connectivity index (χ4n) is 2.42. The Morgan fingerprint density at radius 1 is 1.14 bits per heavy atom. The van der Waals surface area contributed by atoms with Crippen molar-refractivity contribution < 1.29 is 9.53 Å². The molecule has 0 saturated carbocycles. The van der Waals surface area contributed by atoms with Crippen LogP contribution in [0.5, 0.6) is 0 Å². The molecule has 1 N–H and O–H groups in total. The fraction of sp³-hybridized carbons (Fsp3) is 0.450. The Morgan fingerprint density at radius 3 is 2.25 bits per heavy atom. The molecule has 0 bridgehead atoms. The Labute approximate surface area is 181 Å². The first-order chi connectivity index (χ1) is 13.1. The highest BCUT2D eigenvalue weighted by Crippen LogP contribution is 2.21. The summed E-state index contributed by atoms with van der Waals surface area (Å²) in [4.78, 5) is 37.2. The summed E-state index contributed by atoms with van der Waals surface area (Å²) in [5.74, 6) is -0.0598. The molecular weight excluding hydrogens is 492 g/mol. The Bertz CT molecular complexity index is 919. The van der Waals surface area contributed by atoms with E-state index in [1.165, 1.54) is 10.6 Å². The van der Waals surface area contributed by atoms with Crippen LogP contribution in [0.4, 0.5) is 0 Å². The number of carbonyl (C=O) groups excluding carboxylic acids is 1. The van der Waals surface area contributed by atoms with E-state index >= 15 is 0 Å². The molecule has 2 aromatic heterocycles. The van der Waals surface area contributed by atoms with Gasteiger partial charge in [0, 0.05) is 33.5 Å². The summed E-state index contributed by atoms with van der Waals surface area (Å²) in [6.07, 6.45) is 3.88. The molecule has 0 saturated heterocycles. The lowest BCUT2D eigenvalue weighted by Gasteiger charge is -2.20. The maximum atomic E-state index is 12.1. The average molecular weight is 518 g/mol. The quantitative estimate of drug-likeness (QED) is 0.591. The number of nitrogens with zero attached hydrogens (tertiary/aromatic N) is 1. The monoisotopic (exact) mass is 516 g/mol. The van der Waals surface area contributed by atoms with E-state index in [4.69, 9.17) is 4.74 Å². The van der Waals surface area contributed by atoms with E-state index in [2.05, 4.69) is 36.8 Å². The standard InChI is InChI=1S/C14H20BrNO3.C6H6BrNO/c1-5-19-14(18)12(6-9(2)3)16-8-11(15)10(4)7-13(16)17;1-4-2-6(9)8-3-5(4)7/h7-9,12H,5-6H2,1-4H3;2-3H,1H3,(H,8,9). The van der Waals surface area contributed by atoms with Crippen LogP contribution in [0.2, 0.25) is 0 Å². The normalized spacial score (nSPS) is 11.6. The van der Waals surface area contributed by atoms with Gasteiger partial charge in [-0.25, -0.2) is 4.79 Å². The molecule has 0 fully saturated rings. The van der Waals surface area contributed by atoms with Crippen molar-refractivity contribution in [3.63, 3.8) is 0 Å². The van der Waals surface area contributed by atoms with Crippen molar-refractivity contribution in [2.45, 2.75) is 47.1 Å². The lowest BCUT2D eigenvalue weighted by atomic mass is 10.0. The van der Waals surface area contributed by atoms with Gasteiger partial charge in [0.05, 0.1) is 6.61 Å². The van der Waals surface area contributed by atoms with Crippen LogP contribution < -0.4 is 11.1 Å². The summed E-state index contributed by atoms with van der Waals surface area (Å²) >= 11 is 6.65. The number of aromatic amines is 1. The van der Waals surface area contributed by atoms with Crippen molar-refractivity contribution in [3.05, 3.63) is 65.3 Å². The molecule has 154 valence electrons. The summed E-state index contributed by atoms with van der Waals surface area (Å²) in [5.41, 5.74) is 1.57. The van der Waals surface area contributed by atoms with Gasteiger partial charge in [-0.1, -0.05) is 13.8 Å². The molecule has 2 aromatic rings. The molecule has 0 aliphatic heterocycles. The van der Waals surface area contributed by atoms with E-state index in [0.717, 1.165) is 20.1 Å². The summed E-state index contributed by atoms with van der Waals surface area (Å²) in [7, 11) is 0. The van der Waals surface area contributed by atoms with Crippen molar-refractivity contribution in [1.82, 2.24) is 9.55 Å². The van der Waals surface area contributed by atoms with Crippen LogP contribution in [0.3, 0.4) is 0 Å². The second-order valence-electron chi connectivity index (χ2n) is 6.78. The zero-order chi connectivity index (χ0) is 21.4. The third kappa shape index (κ3) is 7.39. The second-order valence-corrected chi connectivity index (χ2v) is 8.48. The highest BCUT2D eigenvalue weighted by Gasteiger charge is 2.24. The van der Waals surface area contributed by atoms with Crippen LogP contribution in [0.25, 0.3) is 0 Å². The van der Waals surface area contributed by atoms with Crippen molar-refractivity contribution in [2.24, 2.45) is 5.92 Å². The van der Waals surface area contributed by atoms with Crippen molar-refractivity contribution >= 4 is 37.8 Å². The summed E-state index contributed by atoms with van der Waals surface area (Å²) in [6.45, 7) is 9.82. The van der Waals surface area contributed by atoms with Gasteiger partial charge < -0.3 is 14.3 Å². The predicted octanol–water partition coefficient (Wildman–Crippen LogP) is 4.52. The topological polar surface area (TPSA) is 81.2 Å². The van der Waals surface area contributed by atoms with Crippen molar-refractivity contribution in [1.29, 1.82) is 0 Å². The Kier molecular flexibility index (Phi) is 9.89. The largest absolute Gasteiger partial charge is 0.464 e. The van der Waals surface area contributed by atoms with Gasteiger partial charge in [0.15, 0.2) is 0 Å². The third-order valence-electron chi connectivity index (χ3n) is 3.88. The van der Waals surface area contributed by atoms with E-state index in [-0.39, 0.29) is 17.1 Å². The van der Waals surface area contributed by atoms with E-state index in [1.807, 2.05) is 27.7 Å². The molecule has 2 heterocycles. The SMILES string of the molecule is CCOC(=O)C(CC(C)C)n1cc(Br)c(C)cc1=O.Cc1cc(=O)[nH]cc1Br. The molecule has 0 aliphatic rings. The number of hydrogen-bond donors (Lipinski definition) is 1. The molecule has 0 aliphatic carbocycles. The minimum absolute atomic E-state index is 0.0595. The van der Waals surface area contributed by atoms with Gasteiger partial charge in [0.25, 0.3) is 5.56 Å². The van der Waals surface area contributed by atoms with E-state index < -0.39 is 6.04 Å². The third-order valence-corrected chi connectivity index (χ3v) is 5.56. The van der Waals surface area contributed by atoms with Gasteiger partial charge in [0.1, 0.15) is 6.04 Å².